The van der Waals surface area contributed by atoms with Crippen LogP contribution in [-0.2, 0) is 14.8 Å². The van der Waals surface area contributed by atoms with E-state index in [9.17, 15) is 13.2 Å². The molecule has 0 saturated carbocycles. The number of aryl methyl sites for hydroxylation is 1. The summed E-state index contributed by atoms with van der Waals surface area (Å²) in [4.78, 5) is 13.5. The highest BCUT2D eigenvalue weighted by Gasteiger charge is 2.23. The predicted octanol–water partition coefficient (Wildman–Crippen LogP) is 3.68. The van der Waals surface area contributed by atoms with Gasteiger partial charge in [0.1, 0.15) is 0 Å². The first-order valence-electron chi connectivity index (χ1n) is 9.27. The lowest BCUT2D eigenvalue weighted by Crippen LogP contribution is -2.39. The van der Waals surface area contributed by atoms with Crippen LogP contribution in [0, 0.1) is 6.92 Å². The molecule has 0 bridgehead atoms. The zero-order valence-electron chi connectivity index (χ0n) is 16.5. The number of likely N-dealkylation sites (N-methyl/N-ethyl adjacent to an activating group) is 1. The number of fused-ring (bicyclic) bond motifs is 1. The fourth-order valence-electron chi connectivity index (χ4n) is 2.84. The molecule has 3 rings (SSSR count). The smallest absolute Gasteiger partial charge is 0.243 e. The minimum atomic E-state index is -3.74. The third-order valence-electron chi connectivity index (χ3n) is 4.51. The lowest BCUT2D eigenvalue weighted by Gasteiger charge is -2.17. The molecule has 3 aromatic carbocycles. The van der Waals surface area contributed by atoms with E-state index in [1.54, 1.807) is 30.0 Å². The molecular formula is C22H24N2O3S2. The normalized spacial score (nSPS) is 11.7. The zero-order valence-corrected chi connectivity index (χ0v) is 18.1. The van der Waals surface area contributed by atoms with Gasteiger partial charge in [0.2, 0.25) is 15.9 Å². The molecule has 7 heteroatoms. The van der Waals surface area contributed by atoms with Crippen LogP contribution in [0.15, 0.2) is 76.5 Å². The summed E-state index contributed by atoms with van der Waals surface area (Å²) in [5, 5.41) is 4.60. The molecule has 0 radical (unpaired) electrons. The van der Waals surface area contributed by atoms with Gasteiger partial charge >= 0.3 is 0 Å². The third kappa shape index (κ3) is 5.59. The highest BCUT2D eigenvalue weighted by Crippen LogP contribution is 2.21. The van der Waals surface area contributed by atoms with Gasteiger partial charge in [-0.25, -0.2) is 8.42 Å². The van der Waals surface area contributed by atoms with Crippen molar-refractivity contribution in [2.24, 2.45) is 0 Å². The number of benzene rings is 3. The zero-order chi connectivity index (χ0) is 20.9. The fraction of sp³-hybridized carbons (Fsp3) is 0.227. The number of sulfonamides is 1. The van der Waals surface area contributed by atoms with E-state index in [4.69, 9.17) is 0 Å². The first kappa shape index (κ1) is 21.4. The van der Waals surface area contributed by atoms with Crippen LogP contribution in [0.5, 0.6) is 0 Å². The van der Waals surface area contributed by atoms with Gasteiger partial charge < -0.3 is 5.32 Å². The molecule has 29 heavy (non-hydrogen) atoms. The van der Waals surface area contributed by atoms with Gasteiger partial charge in [0.25, 0.3) is 0 Å². The minimum Gasteiger partial charge on any atom is -0.354 e. The fourth-order valence-corrected chi connectivity index (χ4v) is 4.78. The van der Waals surface area contributed by atoms with Gasteiger partial charge in [0, 0.05) is 24.2 Å². The number of carbonyl (C=O) groups is 1. The molecule has 0 atom stereocenters. The van der Waals surface area contributed by atoms with Crippen LogP contribution in [0.25, 0.3) is 10.8 Å². The quantitative estimate of drug-likeness (QED) is 0.439. The number of amides is 1. The average Bonchev–Trinajstić information content (AvgIpc) is 2.72. The topological polar surface area (TPSA) is 66.5 Å². The van der Waals surface area contributed by atoms with E-state index < -0.39 is 10.0 Å². The number of carbonyl (C=O) groups excluding carboxylic acids is 1. The summed E-state index contributed by atoms with van der Waals surface area (Å²) in [5.41, 5.74) is 1.21. The van der Waals surface area contributed by atoms with E-state index in [0.29, 0.717) is 6.54 Å². The van der Waals surface area contributed by atoms with Crippen LogP contribution < -0.4 is 5.32 Å². The number of nitrogens with one attached hydrogen (secondary N) is 1. The van der Waals surface area contributed by atoms with Crippen LogP contribution in [-0.4, -0.2) is 44.5 Å². The van der Waals surface area contributed by atoms with Crippen molar-refractivity contribution >= 4 is 38.5 Å². The Bertz CT molecular complexity index is 1100. The van der Waals surface area contributed by atoms with Crippen molar-refractivity contribution in [3.63, 3.8) is 0 Å². The molecule has 0 aliphatic rings. The van der Waals surface area contributed by atoms with Crippen LogP contribution in [0.1, 0.15) is 5.56 Å². The number of rotatable bonds is 8. The van der Waals surface area contributed by atoms with Crippen LogP contribution in [0.4, 0.5) is 0 Å². The summed E-state index contributed by atoms with van der Waals surface area (Å²) >= 11 is 1.65. The van der Waals surface area contributed by atoms with Gasteiger partial charge in [-0.15, -0.1) is 11.8 Å². The Kier molecular flexibility index (Phi) is 6.95. The lowest BCUT2D eigenvalue weighted by molar-refractivity contribution is -0.121. The number of nitrogens with zero attached hydrogens (tertiary/aromatic N) is 1. The largest absolute Gasteiger partial charge is 0.354 e. The number of hydrogen-bond acceptors (Lipinski definition) is 4. The highest BCUT2D eigenvalue weighted by atomic mass is 32.2. The van der Waals surface area contributed by atoms with E-state index in [1.165, 1.54) is 12.6 Å². The molecule has 0 saturated heterocycles. The second-order valence-corrected chi connectivity index (χ2v) is 9.99. The van der Waals surface area contributed by atoms with E-state index in [2.05, 4.69) is 5.32 Å². The summed E-state index contributed by atoms with van der Waals surface area (Å²) in [6.45, 7) is 2.29. The Balaban J connectivity index is 1.52. The molecule has 0 aliphatic heterocycles. The van der Waals surface area contributed by atoms with E-state index in [-0.39, 0.29) is 17.3 Å². The molecule has 0 heterocycles. The van der Waals surface area contributed by atoms with Crippen molar-refractivity contribution in [1.29, 1.82) is 0 Å². The van der Waals surface area contributed by atoms with Gasteiger partial charge in [0.05, 0.1) is 11.4 Å². The van der Waals surface area contributed by atoms with Gasteiger partial charge in [0.15, 0.2) is 0 Å². The summed E-state index contributed by atoms with van der Waals surface area (Å²) in [6, 6.07) is 20.7. The maximum atomic E-state index is 12.8. The van der Waals surface area contributed by atoms with Gasteiger partial charge in [-0.05, 0) is 42.0 Å². The molecule has 1 N–H and O–H groups in total. The molecular weight excluding hydrogens is 404 g/mol. The van der Waals surface area contributed by atoms with E-state index >= 15 is 0 Å². The molecule has 0 aliphatic carbocycles. The second kappa shape index (κ2) is 9.43. The summed E-state index contributed by atoms with van der Waals surface area (Å²) < 4.78 is 26.7. The van der Waals surface area contributed by atoms with Crippen molar-refractivity contribution in [2.75, 3.05) is 25.9 Å². The molecule has 0 fully saturated rings. The van der Waals surface area contributed by atoms with Crippen LogP contribution in [0.3, 0.4) is 0 Å². The van der Waals surface area contributed by atoms with Crippen molar-refractivity contribution < 1.29 is 13.2 Å². The minimum absolute atomic E-state index is 0.182. The van der Waals surface area contributed by atoms with Gasteiger partial charge in [-0.3, -0.25) is 4.79 Å². The Morgan fingerprint density at radius 1 is 1.00 bits per heavy atom. The van der Waals surface area contributed by atoms with Crippen molar-refractivity contribution in [3.8, 4) is 0 Å². The van der Waals surface area contributed by atoms with Crippen molar-refractivity contribution in [3.05, 3.63) is 72.3 Å². The highest BCUT2D eigenvalue weighted by molar-refractivity contribution is 7.99. The Morgan fingerprint density at radius 3 is 2.41 bits per heavy atom. The first-order valence-corrected chi connectivity index (χ1v) is 11.7. The molecule has 3 aromatic rings. The van der Waals surface area contributed by atoms with Crippen molar-refractivity contribution in [2.45, 2.75) is 16.7 Å². The maximum absolute atomic E-state index is 12.8. The van der Waals surface area contributed by atoms with Crippen molar-refractivity contribution in [1.82, 2.24) is 9.62 Å². The summed E-state index contributed by atoms with van der Waals surface area (Å²) in [5.74, 6) is 0.400. The number of thioether (sulfide) groups is 1. The standard InChI is InChI=1S/C22H24N2O3S2/c1-17-7-10-20(11-8-17)28-14-13-23-22(25)16-24(2)29(26,27)21-12-9-18-5-3-4-6-19(18)15-21/h3-12,15H,13-14,16H2,1-2H3,(H,23,25). The average molecular weight is 429 g/mol. The summed E-state index contributed by atoms with van der Waals surface area (Å²) in [7, 11) is -2.31. The molecule has 152 valence electrons. The monoisotopic (exact) mass is 428 g/mol. The first-order chi connectivity index (χ1) is 13.9. The van der Waals surface area contributed by atoms with Crippen LogP contribution in [0.2, 0.25) is 0 Å². The third-order valence-corrected chi connectivity index (χ3v) is 7.32. The maximum Gasteiger partial charge on any atom is 0.243 e. The Morgan fingerprint density at radius 2 is 1.69 bits per heavy atom. The van der Waals surface area contributed by atoms with E-state index in [1.807, 2.05) is 55.5 Å². The molecule has 1 amide bonds. The SMILES string of the molecule is Cc1ccc(SCCNC(=O)CN(C)S(=O)(=O)c2ccc3ccccc3c2)cc1. The predicted molar refractivity (Wildman–Crippen MR) is 119 cm³/mol. The Hall–Kier alpha value is -2.35. The number of hydrogen-bond donors (Lipinski definition) is 1. The molecule has 0 aromatic heterocycles. The van der Waals surface area contributed by atoms with E-state index in [0.717, 1.165) is 25.7 Å². The van der Waals surface area contributed by atoms with Gasteiger partial charge in [-0.1, -0.05) is 48.0 Å². The molecule has 5 nitrogen and oxygen atoms in total. The summed E-state index contributed by atoms with van der Waals surface area (Å²) in [6.07, 6.45) is 0. The Labute approximate surface area is 176 Å². The molecule has 0 spiro atoms. The second-order valence-electron chi connectivity index (χ2n) is 6.78. The lowest BCUT2D eigenvalue weighted by atomic mass is 10.1. The van der Waals surface area contributed by atoms with Gasteiger partial charge in [-0.2, -0.15) is 4.31 Å². The molecule has 0 unspecified atom stereocenters. The van der Waals surface area contributed by atoms with Crippen LogP contribution >= 0.6 is 11.8 Å².